The Morgan fingerprint density at radius 2 is 2.00 bits per heavy atom. The molecule has 0 radical (unpaired) electrons. The van der Waals surface area contributed by atoms with Crippen molar-refractivity contribution in [1.82, 2.24) is 15.0 Å². The van der Waals surface area contributed by atoms with Crippen molar-refractivity contribution < 1.29 is 0 Å². The van der Waals surface area contributed by atoms with Crippen molar-refractivity contribution in [3.05, 3.63) is 48.0 Å². The molecule has 0 amide bonds. The number of nitrogens with zero attached hydrogens (tertiary/aromatic N) is 3. The first kappa shape index (κ1) is 12.3. The molecule has 2 aromatic heterocycles. The topological polar surface area (TPSA) is 64.7 Å². The molecule has 0 aliphatic heterocycles. The average molecular weight is 276 g/mol. The van der Waals surface area contributed by atoms with E-state index >= 15 is 0 Å². The van der Waals surface area contributed by atoms with Crippen molar-refractivity contribution in [3.8, 4) is 11.3 Å². The van der Waals surface area contributed by atoms with Crippen LogP contribution in [0.15, 0.2) is 36.7 Å². The Kier molecular flexibility index (Phi) is 2.64. The monoisotopic (exact) mass is 276 g/mol. The van der Waals surface area contributed by atoms with Crippen LogP contribution in [-0.4, -0.2) is 15.0 Å². The molecule has 1 aliphatic rings. The third kappa shape index (κ3) is 2.03. The number of nitrogen functional groups attached to an aromatic ring is 1. The summed E-state index contributed by atoms with van der Waals surface area (Å²) in [6.07, 6.45) is 6.03. The van der Waals surface area contributed by atoms with Gasteiger partial charge in [-0.3, -0.25) is 4.98 Å². The molecule has 0 spiro atoms. The number of hydrogen-bond donors (Lipinski definition) is 1. The second-order valence-electron chi connectivity index (χ2n) is 5.62. The first-order valence-electron chi connectivity index (χ1n) is 7.21. The molecule has 3 aromatic rings. The van der Waals surface area contributed by atoms with Gasteiger partial charge in [0.2, 0.25) is 0 Å². The van der Waals surface area contributed by atoms with Crippen LogP contribution in [0.3, 0.4) is 0 Å². The van der Waals surface area contributed by atoms with E-state index in [1.54, 1.807) is 0 Å². The van der Waals surface area contributed by atoms with Gasteiger partial charge < -0.3 is 5.73 Å². The normalized spacial score (nSPS) is 14.5. The molecule has 104 valence electrons. The molecule has 1 aliphatic carbocycles. The molecule has 2 N–H and O–H groups in total. The SMILES string of the molecule is Cc1c(N)nc(C2CC2)nc1-c1cccc2ccncc12. The van der Waals surface area contributed by atoms with Gasteiger partial charge in [0, 0.05) is 34.8 Å². The minimum atomic E-state index is 0.486. The maximum absolute atomic E-state index is 6.10. The Morgan fingerprint density at radius 1 is 1.14 bits per heavy atom. The van der Waals surface area contributed by atoms with Crippen LogP contribution in [0.5, 0.6) is 0 Å². The number of fused-ring (bicyclic) bond motifs is 1. The fourth-order valence-electron chi connectivity index (χ4n) is 2.66. The van der Waals surface area contributed by atoms with Crippen LogP contribution < -0.4 is 5.73 Å². The van der Waals surface area contributed by atoms with Crippen LogP contribution in [0.2, 0.25) is 0 Å². The van der Waals surface area contributed by atoms with Crippen LogP contribution in [0.4, 0.5) is 5.82 Å². The maximum atomic E-state index is 6.10. The highest BCUT2D eigenvalue weighted by atomic mass is 15.0. The summed E-state index contributed by atoms with van der Waals surface area (Å²) in [4.78, 5) is 13.5. The van der Waals surface area contributed by atoms with E-state index in [0.717, 1.165) is 33.4 Å². The van der Waals surface area contributed by atoms with Crippen LogP contribution >= 0.6 is 0 Å². The lowest BCUT2D eigenvalue weighted by Crippen LogP contribution is -2.04. The van der Waals surface area contributed by atoms with E-state index in [4.69, 9.17) is 10.7 Å². The lowest BCUT2D eigenvalue weighted by Gasteiger charge is -2.12. The Labute approximate surface area is 123 Å². The summed E-state index contributed by atoms with van der Waals surface area (Å²) < 4.78 is 0. The Bertz CT molecular complexity index is 832. The molecule has 4 rings (SSSR count). The molecule has 21 heavy (non-hydrogen) atoms. The van der Waals surface area contributed by atoms with Crippen molar-refractivity contribution >= 4 is 16.6 Å². The predicted molar refractivity (Wildman–Crippen MR) is 83.9 cm³/mol. The Balaban J connectivity index is 2.00. The third-order valence-corrected chi connectivity index (χ3v) is 4.08. The van der Waals surface area contributed by atoms with Gasteiger partial charge in [-0.1, -0.05) is 18.2 Å². The number of rotatable bonds is 2. The fourth-order valence-corrected chi connectivity index (χ4v) is 2.66. The van der Waals surface area contributed by atoms with E-state index in [9.17, 15) is 0 Å². The highest BCUT2D eigenvalue weighted by Crippen LogP contribution is 2.40. The second-order valence-corrected chi connectivity index (χ2v) is 5.62. The van der Waals surface area contributed by atoms with Gasteiger partial charge in [-0.25, -0.2) is 9.97 Å². The molecular formula is C17H16N4. The minimum Gasteiger partial charge on any atom is -0.383 e. The number of benzene rings is 1. The summed E-state index contributed by atoms with van der Waals surface area (Å²) in [6.45, 7) is 1.98. The van der Waals surface area contributed by atoms with Crippen LogP contribution in [0.25, 0.3) is 22.0 Å². The fraction of sp³-hybridized carbons (Fsp3) is 0.235. The van der Waals surface area contributed by atoms with E-state index in [2.05, 4.69) is 22.1 Å². The number of pyridine rings is 1. The number of aromatic nitrogens is 3. The van der Waals surface area contributed by atoms with Crippen molar-refractivity contribution in [2.75, 3.05) is 5.73 Å². The van der Waals surface area contributed by atoms with E-state index in [-0.39, 0.29) is 0 Å². The zero-order valence-corrected chi connectivity index (χ0v) is 11.9. The Hall–Kier alpha value is -2.49. The Morgan fingerprint density at radius 3 is 2.81 bits per heavy atom. The molecule has 2 heterocycles. The van der Waals surface area contributed by atoms with Crippen molar-refractivity contribution in [3.63, 3.8) is 0 Å². The average Bonchev–Trinajstić information content (AvgIpc) is 3.34. The smallest absolute Gasteiger partial charge is 0.134 e. The lowest BCUT2D eigenvalue weighted by atomic mass is 10.0. The third-order valence-electron chi connectivity index (χ3n) is 4.08. The van der Waals surface area contributed by atoms with Crippen molar-refractivity contribution in [2.45, 2.75) is 25.7 Å². The van der Waals surface area contributed by atoms with Gasteiger partial charge in [0.1, 0.15) is 11.6 Å². The van der Waals surface area contributed by atoms with Crippen molar-refractivity contribution in [2.24, 2.45) is 0 Å². The van der Waals surface area contributed by atoms with Gasteiger partial charge in [-0.15, -0.1) is 0 Å². The van der Waals surface area contributed by atoms with Crippen LogP contribution in [-0.2, 0) is 0 Å². The number of anilines is 1. The van der Waals surface area contributed by atoms with E-state index in [1.165, 1.54) is 12.8 Å². The molecule has 4 nitrogen and oxygen atoms in total. The summed E-state index contributed by atoms with van der Waals surface area (Å²) in [7, 11) is 0. The zero-order valence-electron chi connectivity index (χ0n) is 11.9. The molecule has 4 heteroatoms. The lowest BCUT2D eigenvalue weighted by molar-refractivity contribution is 0.928. The second kappa shape index (κ2) is 4.52. The highest BCUT2D eigenvalue weighted by Gasteiger charge is 2.28. The molecular weight excluding hydrogens is 260 g/mol. The minimum absolute atomic E-state index is 0.486. The van der Waals surface area contributed by atoms with E-state index < -0.39 is 0 Å². The summed E-state index contributed by atoms with van der Waals surface area (Å²) in [5.74, 6) is 1.96. The van der Waals surface area contributed by atoms with Gasteiger partial charge in [0.25, 0.3) is 0 Å². The van der Waals surface area contributed by atoms with Gasteiger partial charge in [-0.2, -0.15) is 0 Å². The molecule has 0 atom stereocenters. The van der Waals surface area contributed by atoms with E-state index in [1.807, 2.05) is 31.5 Å². The van der Waals surface area contributed by atoms with Gasteiger partial charge in [0.15, 0.2) is 0 Å². The largest absolute Gasteiger partial charge is 0.383 e. The predicted octanol–water partition coefficient (Wildman–Crippen LogP) is 3.46. The van der Waals surface area contributed by atoms with Gasteiger partial charge >= 0.3 is 0 Å². The summed E-state index contributed by atoms with van der Waals surface area (Å²) in [5.41, 5.74) is 9.05. The quantitative estimate of drug-likeness (QED) is 0.778. The number of hydrogen-bond acceptors (Lipinski definition) is 4. The molecule has 0 bridgehead atoms. The molecule has 1 saturated carbocycles. The maximum Gasteiger partial charge on any atom is 0.134 e. The van der Waals surface area contributed by atoms with Gasteiger partial charge in [0.05, 0.1) is 5.69 Å². The van der Waals surface area contributed by atoms with Crippen LogP contribution in [0.1, 0.15) is 30.1 Å². The summed E-state index contributed by atoms with van der Waals surface area (Å²) >= 11 is 0. The molecule has 0 unspecified atom stereocenters. The van der Waals surface area contributed by atoms with Gasteiger partial charge in [-0.05, 0) is 31.2 Å². The van der Waals surface area contributed by atoms with Crippen molar-refractivity contribution in [1.29, 1.82) is 0 Å². The first-order valence-corrected chi connectivity index (χ1v) is 7.21. The highest BCUT2D eigenvalue weighted by molar-refractivity contribution is 5.96. The molecule has 0 saturated heterocycles. The van der Waals surface area contributed by atoms with Crippen LogP contribution in [0, 0.1) is 6.92 Å². The zero-order chi connectivity index (χ0) is 14.4. The number of nitrogens with two attached hydrogens (primary N) is 1. The summed E-state index contributed by atoms with van der Waals surface area (Å²) in [6, 6.07) is 8.23. The standard InChI is InChI=1S/C17H16N4/c1-10-15(20-17(12-5-6-12)21-16(10)18)13-4-2-3-11-7-8-19-9-14(11)13/h2-4,7-9,12H,5-6H2,1H3,(H2,18,20,21). The molecule has 1 fully saturated rings. The molecule has 1 aromatic carbocycles. The first-order chi connectivity index (χ1) is 10.2. The van der Waals surface area contributed by atoms with E-state index in [0.29, 0.717) is 11.7 Å². The summed E-state index contributed by atoms with van der Waals surface area (Å²) in [5, 5.41) is 2.26.